The molecule has 7 heteroatoms. The highest BCUT2D eigenvalue weighted by Gasteiger charge is 2.51. The van der Waals surface area contributed by atoms with Crippen molar-refractivity contribution in [2.24, 2.45) is 13.0 Å². The minimum Gasteiger partial charge on any atom is -0.399 e. The van der Waals surface area contributed by atoms with Gasteiger partial charge in [-0.3, -0.25) is 4.79 Å². The molecule has 2 aromatic rings. The van der Waals surface area contributed by atoms with Crippen LogP contribution in [0, 0.1) is 5.92 Å². The number of benzene rings is 1. The van der Waals surface area contributed by atoms with Crippen LogP contribution in [0.15, 0.2) is 18.2 Å². The van der Waals surface area contributed by atoms with Crippen LogP contribution >= 0.6 is 0 Å². The van der Waals surface area contributed by atoms with Crippen LogP contribution in [0.2, 0.25) is 0 Å². The molecule has 1 unspecified atom stereocenters. The largest absolute Gasteiger partial charge is 0.494 e. The third-order valence-electron chi connectivity index (χ3n) is 5.69. The van der Waals surface area contributed by atoms with Crippen molar-refractivity contribution >= 4 is 35.3 Å². The van der Waals surface area contributed by atoms with E-state index >= 15 is 0 Å². The van der Waals surface area contributed by atoms with Crippen molar-refractivity contribution in [3.8, 4) is 0 Å². The van der Waals surface area contributed by atoms with Crippen LogP contribution in [0.5, 0.6) is 0 Å². The predicted octanol–water partition coefficient (Wildman–Crippen LogP) is 2.51. The van der Waals surface area contributed by atoms with Crippen molar-refractivity contribution in [3.05, 3.63) is 18.2 Å². The summed E-state index contributed by atoms with van der Waals surface area (Å²) >= 11 is 0. The maximum absolute atomic E-state index is 11.4. The molecule has 0 amide bonds. The number of imidazole rings is 1. The zero-order valence-corrected chi connectivity index (χ0v) is 16.7. The number of nitrogens with one attached hydrogen (secondary N) is 1. The molecule has 140 valence electrons. The van der Waals surface area contributed by atoms with E-state index in [1.807, 2.05) is 58.4 Å². The summed E-state index contributed by atoms with van der Waals surface area (Å²) in [6.07, 6.45) is 0. The lowest BCUT2D eigenvalue weighted by atomic mass is 9.79. The number of fused-ring (bicyclic) bond motifs is 1. The molecule has 1 saturated heterocycles. The molecule has 1 aromatic carbocycles. The van der Waals surface area contributed by atoms with Gasteiger partial charge in [-0.05, 0) is 52.2 Å². The first-order valence-electron chi connectivity index (χ1n) is 9.08. The molecule has 2 heterocycles. The Morgan fingerprint density at radius 2 is 1.88 bits per heavy atom. The quantitative estimate of drug-likeness (QED) is 0.833. The van der Waals surface area contributed by atoms with E-state index in [4.69, 9.17) is 9.31 Å². The van der Waals surface area contributed by atoms with Crippen molar-refractivity contribution in [3.63, 3.8) is 0 Å². The molecule has 0 saturated carbocycles. The molecule has 1 aromatic heterocycles. The van der Waals surface area contributed by atoms with Gasteiger partial charge in [-0.2, -0.15) is 0 Å². The highest BCUT2D eigenvalue weighted by atomic mass is 16.7. The standard InChI is InChI=1S/C19H28BN3O3/c1-12(13(2)24)11-21-17-22-15-9-8-14(10-16(15)23(17)7)20-25-18(3,4)19(5,6)26-20/h8-10,12H,11H2,1-7H3,(H,21,22). The topological polar surface area (TPSA) is 65.4 Å². The van der Waals surface area contributed by atoms with E-state index < -0.39 is 7.12 Å². The first-order chi connectivity index (χ1) is 12.0. The molecule has 0 bridgehead atoms. The average molecular weight is 357 g/mol. The molecule has 0 radical (unpaired) electrons. The molecule has 1 fully saturated rings. The van der Waals surface area contributed by atoms with E-state index in [9.17, 15) is 4.79 Å². The second-order valence-corrected chi connectivity index (χ2v) is 8.22. The first kappa shape index (κ1) is 18.9. The lowest BCUT2D eigenvalue weighted by molar-refractivity contribution is -0.119. The lowest BCUT2D eigenvalue weighted by Crippen LogP contribution is -2.41. The minimum atomic E-state index is -0.395. The van der Waals surface area contributed by atoms with Gasteiger partial charge in [-0.15, -0.1) is 0 Å². The van der Waals surface area contributed by atoms with Gasteiger partial charge in [-0.25, -0.2) is 4.98 Å². The Kier molecular flexibility index (Phi) is 4.65. The zero-order valence-electron chi connectivity index (χ0n) is 16.7. The molecule has 3 rings (SSSR count). The second-order valence-electron chi connectivity index (χ2n) is 8.22. The number of aromatic nitrogens is 2. The highest BCUT2D eigenvalue weighted by molar-refractivity contribution is 6.62. The third-order valence-corrected chi connectivity index (χ3v) is 5.69. The van der Waals surface area contributed by atoms with E-state index in [0.29, 0.717) is 6.54 Å². The minimum absolute atomic E-state index is 0.0462. The summed E-state index contributed by atoms with van der Waals surface area (Å²) < 4.78 is 14.3. The number of ketones is 1. The number of carbonyl (C=O) groups excluding carboxylic acids is 1. The summed E-state index contributed by atoms with van der Waals surface area (Å²) in [7, 11) is 1.57. The zero-order chi connectivity index (χ0) is 19.3. The molecule has 1 atom stereocenters. The van der Waals surface area contributed by atoms with Gasteiger partial charge < -0.3 is 19.2 Å². The van der Waals surface area contributed by atoms with Crippen LogP contribution < -0.4 is 10.8 Å². The lowest BCUT2D eigenvalue weighted by Gasteiger charge is -2.32. The molecular formula is C19H28BN3O3. The molecular weight excluding hydrogens is 329 g/mol. The van der Waals surface area contributed by atoms with Crippen LogP contribution in [-0.4, -0.2) is 40.2 Å². The van der Waals surface area contributed by atoms with E-state index in [-0.39, 0.29) is 22.9 Å². The number of carbonyl (C=O) groups is 1. The van der Waals surface area contributed by atoms with E-state index in [1.165, 1.54) is 0 Å². The van der Waals surface area contributed by atoms with E-state index in [2.05, 4.69) is 16.4 Å². The highest BCUT2D eigenvalue weighted by Crippen LogP contribution is 2.36. The Bertz CT molecular complexity index is 828. The fourth-order valence-corrected chi connectivity index (χ4v) is 2.88. The monoisotopic (exact) mass is 357 g/mol. The Labute approximate surface area is 155 Å². The summed E-state index contributed by atoms with van der Waals surface area (Å²) in [5, 5.41) is 3.27. The van der Waals surface area contributed by atoms with Crippen molar-refractivity contribution in [2.45, 2.75) is 52.7 Å². The Hall–Kier alpha value is -1.86. The fourth-order valence-electron chi connectivity index (χ4n) is 2.88. The summed E-state index contributed by atoms with van der Waals surface area (Å²) in [4.78, 5) is 16.1. The maximum atomic E-state index is 11.4. The van der Waals surface area contributed by atoms with Crippen LogP contribution in [-0.2, 0) is 21.2 Å². The predicted molar refractivity (Wildman–Crippen MR) is 105 cm³/mol. The summed E-state index contributed by atoms with van der Waals surface area (Å²) in [6.45, 7) is 12.3. The third kappa shape index (κ3) is 3.26. The number of aryl methyl sites for hydroxylation is 1. The molecule has 0 aliphatic carbocycles. The van der Waals surface area contributed by atoms with E-state index in [0.717, 1.165) is 22.4 Å². The number of anilines is 1. The van der Waals surface area contributed by atoms with Crippen molar-refractivity contribution in [1.29, 1.82) is 0 Å². The summed E-state index contributed by atoms with van der Waals surface area (Å²) in [6, 6.07) is 6.04. The van der Waals surface area contributed by atoms with Gasteiger partial charge >= 0.3 is 7.12 Å². The van der Waals surface area contributed by atoms with Gasteiger partial charge in [0, 0.05) is 19.5 Å². The Balaban J connectivity index is 1.86. The first-order valence-corrected chi connectivity index (χ1v) is 9.08. The molecule has 1 aliphatic heterocycles. The van der Waals surface area contributed by atoms with Gasteiger partial charge in [0.1, 0.15) is 5.78 Å². The van der Waals surface area contributed by atoms with Crippen LogP contribution in [0.25, 0.3) is 11.0 Å². The SMILES string of the molecule is CC(=O)C(C)CNc1nc2ccc(B3OC(C)(C)C(C)(C)O3)cc2n1C. The van der Waals surface area contributed by atoms with Crippen LogP contribution in [0.4, 0.5) is 5.95 Å². The molecule has 1 aliphatic rings. The van der Waals surface area contributed by atoms with Gasteiger partial charge in [-0.1, -0.05) is 13.0 Å². The smallest absolute Gasteiger partial charge is 0.399 e. The number of nitrogens with zero attached hydrogens (tertiary/aromatic N) is 2. The van der Waals surface area contributed by atoms with Gasteiger partial charge in [0.25, 0.3) is 0 Å². The summed E-state index contributed by atoms with van der Waals surface area (Å²) in [5.74, 6) is 0.869. The van der Waals surface area contributed by atoms with Crippen molar-refractivity contribution in [1.82, 2.24) is 9.55 Å². The average Bonchev–Trinajstić information content (AvgIpc) is 2.98. The Morgan fingerprint density at radius 3 is 2.46 bits per heavy atom. The fraction of sp³-hybridized carbons (Fsp3) is 0.579. The number of rotatable bonds is 5. The van der Waals surface area contributed by atoms with Crippen LogP contribution in [0.1, 0.15) is 41.5 Å². The van der Waals surface area contributed by atoms with Gasteiger partial charge in [0.15, 0.2) is 0 Å². The van der Waals surface area contributed by atoms with Gasteiger partial charge in [0.2, 0.25) is 5.95 Å². The molecule has 1 N–H and O–H groups in total. The second kappa shape index (κ2) is 6.39. The maximum Gasteiger partial charge on any atom is 0.494 e. The van der Waals surface area contributed by atoms with Gasteiger partial charge in [0.05, 0.1) is 22.2 Å². The van der Waals surface area contributed by atoms with Crippen molar-refractivity contribution in [2.75, 3.05) is 11.9 Å². The van der Waals surface area contributed by atoms with E-state index in [1.54, 1.807) is 6.92 Å². The molecule has 26 heavy (non-hydrogen) atoms. The number of hydrogen-bond acceptors (Lipinski definition) is 5. The molecule has 6 nitrogen and oxygen atoms in total. The Morgan fingerprint density at radius 1 is 1.27 bits per heavy atom. The number of hydrogen-bond donors (Lipinski definition) is 1. The van der Waals surface area contributed by atoms with Crippen molar-refractivity contribution < 1.29 is 14.1 Å². The molecule has 0 spiro atoms. The number of Topliss-reactive ketones (excluding diaryl/α,β-unsaturated/α-hetero) is 1. The summed E-state index contributed by atoms with van der Waals surface area (Å²) in [5.41, 5.74) is 2.13. The normalized spacial score (nSPS) is 19.7. The van der Waals surface area contributed by atoms with Crippen LogP contribution in [0.3, 0.4) is 0 Å².